The molecule has 0 rings (SSSR count). The van der Waals surface area contributed by atoms with E-state index in [0.29, 0.717) is 6.42 Å². The quantitative estimate of drug-likeness (QED) is 0.0657. The summed E-state index contributed by atoms with van der Waals surface area (Å²) < 4.78 is 0. The first-order valence-electron chi connectivity index (χ1n) is 13.3. The maximum atomic E-state index is 12.0. The summed E-state index contributed by atoms with van der Waals surface area (Å²) in [6, 6.07) is -0.955. The second kappa shape index (κ2) is 23.8. The van der Waals surface area contributed by atoms with Crippen LogP contribution in [0.3, 0.4) is 0 Å². The molecular weight excluding hydrogens is 428 g/mol. The number of aliphatic carboxylic acids is 1. The number of nitrogens with one attached hydrogen (secondary N) is 1. The van der Waals surface area contributed by atoms with Crippen molar-refractivity contribution in [2.24, 2.45) is 16.5 Å². The highest BCUT2D eigenvalue weighted by molar-refractivity contribution is 5.83. The Bertz CT molecular complexity index is 599. The maximum Gasteiger partial charge on any atom is 0.326 e. The molecule has 1 atom stereocenters. The lowest BCUT2D eigenvalue weighted by Crippen LogP contribution is -2.41. The molecule has 0 saturated carbocycles. The zero-order valence-corrected chi connectivity index (χ0v) is 21.5. The number of hydrogen-bond donors (Lipinski definition) is 4. The molecule has 34 heavy (non-hydrogen) atoms. The molecule has 0 spiro atoms. The largest absolute Gasteiger partial charge is 0.480 e. The molecule has 0 saturated heterocycles. The first kappa shape index (κ1) is 31.7. The van der Waals surface area contributed by atoms with Crippen molar-refractivity contribution in [3.05, 3.63) is 24.3 Å². The molecule has 0 heterocycles. The molecule has 0 bridgehead atoms. The molecule has 7 nitrogen and oxygen atoms in total. The number of aliphatic imine (C=N–C) groups is 1. The Balaban J connectivity index is 3.52. The molecule has 0 aromatic heterocycles. The summed E-state index contributed by atoms with van der Waals surface area (Å²) in [6.45, 7) is 2.41. The topological polar surface area (TPSA) is 131 Å². The zero-order chi connectivity index (χ0) is 25.3. The van der Waals surface area contributed by atoms with Crippen LogP contribution in [0.15, 0.2) is 29.3 Å². The van der Waals surface area contributed by atoms with Crippen molar-refractivity contribution < 1.29 is 14.7 Å². The van der Waals surface area contributed by atoms with E-state index >= 15 is 0 Å². The van der Waals surface area contributed by atoms with Crippen molar-refractivity contribution in [3.63, 3.8) is 0 Å². The Kier molecular flexibility index (Phi) is 22.2. The van der Waals surface area contributed by atoms with E-state index in [-0.39, 0.29) is 24.8 Å². The third-order valence-electron chi connectivity index (χ3n) is 5.70. The standard InChI is InChI=1S/C27H50N4O3/c1-2-3-4-5-6-7-8-9-10-11-12-13-14-15-16-17-18-19-20-21-25(32)31-24(26(33)34)22-23-30-27(28)29/h6-7,9-10,24H,2-5,8,11-23H2,1H3,(H,31,32)(H,33,34)(H4,28,29,30)/b7-6-,10-9-/t24-/m0/s1. The van der Waals surface area contributed by atoms with Crippen LogP contribution < -0.4 is 16.8 Å². The number of nitrogens with zero attached hydrogens (tertiary/aromatic N) is 1. The van der Waals surface area contributed by atoms with Crippen LogP contribution in [-0.4, -0.2) is 35.5 Å². The van der Waals surface area contributed by atoms with Crippen molar-refractivity contribution in [2.45, 2.75) is 122 Å². The number of nitrogens with two attached hydrogens (primary N) is 2. The third kappa shape index (κ3) is 22.9. The summed E-state index contributed by atoms with van der Waals surface area (Å²) in [4.78, 5) is 27.0. The van der Waals surface area contributed by atoms with Crippen LogP contribution >= 0.6 is 0 Å². The van der Waals surface area contributed by atoms with Crippen LogP contribution in [-0.2, 0) is 9.59 Å². The predicted octanol–water partition coefficient (Wildman–Crippen LogP) is 5.59. The van der Waals surface area contributed by atoms with Gasteiger partial charge in [-0.3, -0.25) is 9.79 Å². The van der Waals surface area contributed by atoms with Crippen molar-refractivity contribution >= 4 is 17.8 Å². The van der Waals surface area contributed by atoms with Gasteiger partial charge in [0.15, 0.2) is 5.96 Å². The summed E-state index contributed by atoms with van der Waals surface area (Å²) in [5, 5.41) is 11.7. The number of carboxylic acid groups (broad SMARTS) is 1. The average Bonchev–Trinajstić information content (AvgIpc) is 2.79. The second-order valence-electron chi connectivity index (χ2n) is 8.95. The summed E-state index contributed by atoms with van der Waals surface area (Å²) >= 11 is 0. The number of amides is 1. The van der Waals surface area contributed by atoms with Crippen LogP contribution in [0.5, 0.6) is 0 Å². The van der Waals surface area contributed by atoms with Crippen molar-refractivity contribution in [3.8, 4) is 0 Å². The molecule has 6 N–H and O–H groups in total. The molecule has 0 aromatic carbocycles. The highest BCUT2D eigenvalue weighted by Gasteiger charge is 2.19. The van der Waals surface area contributed by atoms with E-state index in [9.17, 15) is 14.7 Å². The van der Waals surface area contributed by atoms with Crippen LogP contribution in [0.2, 0.25) is 0 Å². The SMILES string of the molecule is CCCCC/C=C\C/C=C\CCCCCCCCCCCC(=O)N[C@@H](CCN=C(N)N)C(=O)O. The van der Waals surface area contributed by atoms with Gasteiger partial charge in [0.05, 0.1) is 0 Å². The molecule has 196 valence electrons. The molecule has 0 aromatic rings. The van der Waals surface area contributed by atoms with Gasteiger partial charge in [-0.15, -0.1) is 0 Å². The van der Waals surface area contributed by atoms with E-state index in [0.717, 1.165) is 25.7 Å². The van der Waals surface area contributed by atoms with Gasteiger partial charge in [0.2, 0.25) is 5.91 Å². The lowest BCUT2D eigenvalue weighted by atomic mass is 10.1. The summed E-state index contributed by atoms with van der Waals surface area (Å²) in [5.41, 5.74) is 10.5. The Hall–Kier alpha value is -2.31. The number of rotatable bonds is 23. The normalized spacial score (nSPS) is 12.3. The lowest BCUT2D eigenvalue weighted by Gasteiger charge is -2.13. The van der Waals surface area contributed by atoms with E-state index in [2.05, 4.69) is 41.5 Å². The number of hydrogen-bond acceptors (Lipinski definition) is 3. The van der Waals surface area contributed by atoms with Crippen molar-refractivity contribution in [1.29, 1.82) is 0 Å². The number of allylic oxidation sites excluding steroid dienone is 4. The smallest absolute Gasteiger partial charge is 0.326 e. The second-order valence-corrected chi connectivity index (χ2v) is 8.95. The molecular formula is C27H50N4O3. The van der Waals surface area contributed by atoms with E-state index in [1.54, 1.807) is 0 Å². The summed E-state index contributed by atoms with van der Waals surface area (Å²) in [6.07, 6.45) is 27.6. The summed E-state index contributed by atoms with van der Waals surface area (Å²) in [7, 11) is 0. The van der Waals surface area contributed by atoms with Crippen LogP contribution in [0, 0.1) is 0 Å². The molecule has 1 amide bonds. The zero-order valence-electron chi connectivity index (χ0n) is 21.5. The van der Waals surface area contributed by atoms with Crippen LogP contribution in [0.4, 0.5) is 0 Å². The van der Waals surface area contributed by atoms with E-state index in [4.69, 9.17) is 11.5 Å². The van der Waals surface area contributed by atoms with Gasteiger partial charge in [0, 0.05) is 13.0 Å². The number of unbranched alkanes of at least 4 members (excludes halogenated alkanes) is 12. The predicted molar refractivity (Wildman–Crippen MR) is 143 cm³/mol. The number of guanidine groups is 1. The van der Waals surface area contributed by atoms with Crippen LogP contribution in [0.25, 0.3) is 0 Å². The average molecular weight is 479 g/mol. The maximum absolute atomic E-state index is 12.0. The molecule has 0 radical (unpaired) electrons. The monoisotopic (exact) mass is 478 g/mol. The highest BCUT2D eigenvalue weighted by Crippen LogP contribution is 2.12. The van der Waals surface area contributed by atoms with E-state index < -0.39 is 12.0 Å². The van der Waals surface area contributed by atoms with Gasteiger partial charge in [-0.1, -0.05) is 89.0 Å². The first-order chi connectivity index (χ1) is 16.5. The van der Waals surface area contributed by atoms with Crippen LogP contribution in [0.1, 0.15) is 116 Å². The minimum atomic E-state index is -1.07. The molecule has 0 aliphatic rings. The fraction of sp³-hybridized carbons (Fsp3) is 0.741. The minimum absolute atomic E-state index is 0.0837. The molecule has 7 heteroatoms. The van der Waals surface area contributed by atoms with Gasteiger partial charge >= 0.3 is 5.97 Å². The van der Waals surface area contributed by atoms with E-state index in [1.807, 2.05) is 0 Å². The molecule has 0 aliphatic carbocycles. The third-order valence-corrected chi connectivity index (χ3v) is 5.70. The highest BCUT2D eigenvalue weighted by atomic mass is 16.4. The number of carbonyl (C=O) groups excluding carboxylic acids is 1. The lowest BCUT2D eigenvalue weighted by molar-refractivity contribution is -0.142. The van der Waals surface area contributed by atoms with Gasteiger partial charge in [0.1, 0.15) is 6.04 Å². The first-order valence-corrected chi connectivity index (χ1v) is 13.3. The number of carboxylic acids is 1. The fourth-order valence-electron chi connectivity index (χ4n) is 3.65. The van der Waals surface area contributed by atoms with Gasteiger partial charge in [-0.2, -0.15) is 0 Å². The molecule has 0 aliphatic heterocycles. The van der Waals surface area contributed by atoms with E-state index in [1.165, 1.54) is 70.6 Å². The van der Waals surface area contributed by atoms with Crippen molar-refractivity contribution in [2.75, 3.05) is 6.54 Å². The Labute approximate surface area is 207 Å². The minimum Gasteiger partial charge on any atom is -0.480 e. The van der Waals surface area contributed by atoms with Gasteiger partial charge in [-0.25, -0.2) is 4.79 Å². The fourth-order valence-corrected chi connectivity index (χ4v) is 3.65. The molecule has 0 fully saturated rings. The van der Waals surface area contributed by atoms with Gasteiger partial charge in [0.25, 0.3) is 0 Å². The molecule has 0 unspecified atom stereocenters. The van der Waals surface area contributed by atoms with Gasteiger partial charge < -0.3 is 21.9 Å². The Morgan fingerprint density at radius 3 is 1.88 bits per heavy atom. The van der Waals surface area contributed by atoms with Gasteiger partial charge in [-0.05, 0) is 44.9 Å². The Morgan fingerprint density at radius 2 is 1.35 bits per heavy atom. The summed E-state index contributed by atoms with van der Waals surface area (Å²) in [5.74, 6) is -1.38. The Morgan fingerprint density at radius 1 is 0.824 bits per heavy atom. The number of carbonyl (C=O) groups is 2. The van der Waals surface area contributed by atoms with Crippen molar-refractivity contribution in [1.82, 2.24) is 5.32 Å².